The Bertz CT molecular complexity index is 1000. The van der Waals surface area contributed by atoms with Crippen molar-refractivity contribution in [1.82, 2.24) is 14.8 Å². The molecule has 0 bridgehead atoms. The van der Waals surface area contributed by atoms with Crippen LogP contribution in [-0.2, 0) is 9.53 Å². The quantitative estimate of drug-likeness (QED) is 0.559. The van der Waals surface area contributed by atoms with Gasteiger partial charge in [-0.2, -0.15) is 0 Å². The van der Waals surface area contributed by atoms with E-state index in [4.69, 9.17) is 27.9 Å². The first-order chi connectivity index (χ1) is 13.0. The highest BCUT2D eigenvalue weighted by Crippen LogP contribution is 2.34. The summed E-state index contributed by atoms with van der Waals surface area (Å²) < 4.78 is 6.98. The first-order valence-corrected chi connectivity index (χ1v) is 9.97. The highest BCUT2D eigenvalue weighted by atomic mass is 35.5. The van der Waals surface area contributed by atoms with Gasteiger partial charge in [0.05, 0.1) is 12.3 Å². The number of esters is 1. The molecule has 0 radical (unpaired) electrons. The maximum Gasteiger partial charge on any atom is 0.319 e. The number of carbonyl (C=O) groups excluding carboxylic acids is 1. The molecule has 0 spiro atoms. The SMILES string of the molecule is Cc1ccc(-n2c(S[C@@H]3CCOC3=O)nnc2-c2ccc(Cl)cc2)cc1Cl. The van der Waals surface area contributed by atoms with Crippen molar-refractivity contribution < 1.29 is 9.53 Å². The molecule has 8 heteroatoms. The number of rotatable bonds is 4. The van der Waals surface area contributed by atoms with E-state index < -0.39 is 0 Å². The normalized spacial score (nSPS) is 16.6. The summed E-state index contributed by atoms with van der Waals surface area (Å²) in [6.07, 6.45) is 0.654. The molecular weight excluding hydrogens is 405 g/mol. The Balaban J connectivity index is 1.82. The second kappa shape index (κ2) is 7.54. The van der Waals surface area contributed by atoms with Crippen LogP contribution in [0.25, 0.3) is 17.1 Å². The number of halogens is 2. The first kappa shape index (κ1) is 18.3. The van der Waals surface area contributed by atoms with Gasteiger partial charge >= 0.3 is 5.97 Å². The average molecular weight is 420 g/mol. The fraction of sp³-hybridized carbons (Fsp3) is 0.211. The fourth-order valence-electron chi connectivity index (χ4n) is 2.80. The molecule has 0 aliphatic carbocycles. The summed E-state index contributed by atoms with van der Waals surface area (Å²) in [6.45, 7) is 2.38. The third-order valence-electron chi connectivity index (χ3n) is 4.28. The van der Waals surface area contributed by atoms with Crippen LogP contribution < -0.4 is 0 Å². The molecule has 1 saturated heterocycles. The van der Waals surface area contributed by atoms with E-state index in [1.165, 1.54) is 11.8 Å². The van der Waals surface area contributed by atoms with Crippen molar-refractivity contribution in [3.8, 4) is 17.1 Å². The number of hydrogen-bond acceptors (Lipinski definition) is 5. The van der Waals surface area contributed by atoms with E-state index in [9.17, 15) is 4.79 Å². The molecule has 1 fully saturated rings. The summed E-state index contributed by atoms with van der Waals surface area (Å²) in [4.78, 5) is 11.9. The molecule has 1 atom stereocenters. The molecule has 0 amide bonds. The van der Waals surface area contributed by atoms with Crippen LogP contribution in [0.1, 0.15) is 12.0 Å². The van der Waals surface area contributed by atoms with Crippen LogP contribution in [0.3, 0.4) is 0 Å². The molecule has 1 aliphatic rings. The fourth-order valence-corrected chi connectivity index (χ4v) is 4.12. The Kier molecular flexibility index (Phi) is 5.12. The predicted molar refractivity (Wildman–Crippen MR) is 107 cm³/mol. The second-order valence-corrected chi connectivity index (χ2v) is 8.16. The van der Waals surface area contributed by atoms with Crippen LogP contribution in [-0.4, -0.2) is 32.6 Å². The minimum Gasteiger partial charge on any atom is -0.465 e. The molecule has 5 nitrogen and oxygen atoms in total. The molecule has 1 aliphatic heterocycles. The van der Waals surface area contributed by atoms with Gasteiger partial charge in [0.15, 0.2) is 11.0 Å². The highest BCUT2D eigenvalue weighted by Gasteiger charge is 2.30. The smallest absolute Gasteiger partial charge is 0.319 e. The molecular formula is C19H15Cl2N3O2S. The van der Waals surface area contributed by atoms with Gasteiger partial charge in [0.25, 0.3) is 0 Å². The molecule has 1 aromatic heterocycles. The van der Waals surface area contributed by atoms with Crippen molar-refractivity contribution >= 4 is 40.9 Å². The van der Waals surface area contributed by atoms with Crippen molar-refractivity contribution in [3.05, 3.63) is 58.1 Å². The van der Waals surface area contributed by atoms with Crippen LogP contribution >= 0.6 is 35.0 Å². The predicted octanol–water partition coefficient (Wildman–Crippen LogP) is 4.96. The van der Waals surface area contributed by atoms with E-state index in [0.717, 1.165) is 16.8 Å². The number of ether oxygens (including phenoxy) is 1. The summed E-state index contributed by atoms with van der Waals surface area (Å²) in [7, 11) is 0. The average Bonchev–Trinajstić information content (AvgIpc) is 3.25. The van der Waals surface area contributed by atoms with Gasteiger partial charge in [-0.15, -0.1) is 10.2 Å². The topological polar surface area (TPSA) is 57.0 Å². The van der Waals surface area contributed by atoms with Crippen molar-refractivity contribution in [2.75, 3.05) is 6.61 Å². The minimum atomic E-state index is -0.285. The van der Waals surface area contributed by atoms with Gasteiger partial charge in [0.2, 0.25) is 0 Å². The molecule has 138 valence electrons. The van der Waals surface area contributed by atoms with E-state index in [2.05, 4.69) is 10.2 Å². The zero-order chi connectivity index (χ0) is 19.0. The van der Waals surface area contributed by atoms with E-state index >= 15 is 0 Å². The Morgan fingerprint density at radius 2 is 1.93 bits per heavy atom. The van der Waals surface area contributed by atoms with Crippen molar-refractivity contribution in [3.63, 3.8) is 0 Å². The number of cyclic esters (lactones) is 1. The van der Waals surface area contributed by atoms with Crippen LogP contribution in [0.4, 0.5) is 0 Å². The monoisotopic (exact) mass is 419 g/mol. The largest absolute Gasteiger partial charge is 0.465 e. The number of aromatic nitrogens is 3. The van der Waals surface area contributed by atoms with Gasteiger partial charge in [-0.05, 0) is 48.9 Å². The molecule has 0 unspecified atom stereocenters. The lowest BCUT2D eigenvalue weighted by atomic mass is 10.2. The zero-order valence-corrected chi connectivity index (χ0v) is 16.7. The number of benzene rings is 2. The van der Waals surface area contributed by atoms with E-state index in [0.29, 0.717) is 34.1 Å². The van der Waals surface area contributed by atoms with Crippen LogP contribution in [0.15, 0.2) is 47.6 Å². The summed E-state index contributed by atoms with van der Waals surface area (Å²) >= 11 is 13.7. The van der Waals surface area contributed by atoms with Gasteiger partial charge in [-0.3, -0.25) is 9.36 Å². The maximum atomic E-state index is 11.9. The lowest BCUT2D eigenvalue weighted by Crippen LogP contribution is -2.11. The number of hydrogen-bond donors (Lipinski definition) is 0. The maximum absolute atomic E-state index is 11.9. The lowest BCUT2D eigenvalue weighted by molar-refractivity contribution is -0.137. The van der Waals surface area contributed by atoms with Crippen molar-refractivity contribution in [1.29, 1.82) is 0 Å². The van der Waals surface area contributed by atoms with Crippen LogP contribution in [0.5, 0.6) is 0 Å². The van der Waals surface area contributed by atoms with E-state index in [1.54, 1.807) is 12.1 Å². The lowest BCUT2D eigenvalue weighted by Gasteiger charge is -2.12. The summed E-state index contributed by atoms with van der Waals surface area (Å²) in [5.74, 6) is 0.435. The third-order valence-corrected chi connectivity index (χ3v) is 6.13. The molecule has 2 aromatic carbocycles. The molecule has 2 heterocycles. The van der Waals surface area contributed by atoms with Gasteiger partial charge in [-0.25, -0.2) is 0 Å². The Hall–Kier alpha value is -2.02. The van der Waals surface area contributed by atoms with Crippen molar-refractivity contribution in [2.24, 2.45) is 0 Å². The Labute approximate surface area is 170 Å². The molecule has 0 N–H and O–H groups in total. The number of thioether (sulfide) groups is 1. The van der Waals surface area contributed by atoms with E-state index in [-0.39, 0.29) is 11.2 Å². The number of carbonyl (C=O) groups is 1. The minimum absolute atomic E-state index is 0.218. The van der Waals surface area contributed by atoms with Gasteiger partial charge in [0.1, 0.15) is 5.25 Å². The third kappa shape index (κ3) is 3.70. The highest BCUT2D eigenvalue weighted by molar-refractivity contribution is 8.00. The van der Waals surface area contributed by atoms with Crippen LogP contribution in [0.2, 0.25) is 10.0 Å². The van der Waals surface area contributed by atoms with Gasteiger partial charge in [0, 0.05) is 22.0 Å². The molecule has 0 saturated carbocycles. The standard InChI is InChI=1S/C19H15Cl2N3O2S/c1-11-2-7-14(10-15(11)21)24-17(12-3-5-13(20)6-4-12)22-23-19(24)27-16-8-9-26-18(16)25/h2-7,10,16H,8-9H2,1H3/t16-/m1/s1. The van der Waals surface area contributed by atoms with Gasteiger partial charge in [-0.1, -0.05) is 41.0 Å². The Morgan fingerprint density at radius 3 is 2.59 bits per heavy atom. The van der Waals surface area contributed by atoms with Crippen LogP contribution in [0, 0.1) is 6.92 Å². The van der Waals surface area contributed by atoms with E-state index in [1.807, 2.05) is 41.8 Å². The number of nitrogens with zero attached hydrogens (tertiary/aromatic N) is 3. The zero-order valence-electron chi connectivity index (χ0n) is 14.4. The Morgan fingerprint density at radius 1 is 1.15 bits per heavy atom. The first-order valence-electron chi connectivity index (χ1n) is 8.34. The number of aryl methyl sites for hydroxylation is 1. The summed E-state index contributed by atoms with van der Waals surface area (Å²) in [5.41, 5.74) is 2.67. The summed E-state index contributed by atoms with van der Waals surface area (Å²) in [6, 6.07) is 13.2. The van der Waals surface area contributed by atoms with Crippen molar-refractivity contribution in [2.45, 2.75) is 23.8 Å². The summed E-state index contributed by atoms with van der Waals surface area (Å²) in [5, 5.41) is 10.3. The second-order valence-electron chi connectivity index (χ2n) is 6.14. The molecule has 4 rings (SSSR count). The molecule has 3 aromatic rings. The van der Waals surface area contributed by atoms with Gasteiger partial charge < -0.3 is 4.74 Å². The molecule has 27 heavy (non-hydrogen) atoms.